The van der Waals surface area contributed by atoms with E-state index >= 15 is 0 Å². The number of nitrogens with one attached hydrogen (secondary N) is 3. The zero-order valence-electron chi connectivity index (χ0n) is 33.2. The van der Waals surface area contributed by atoms with E-state index in [0.717, 1.165) is 105 Å². The molecule has 2 aliphatic rings. The number of carbonyl (C=O) groups excluding carboxylic acids is 2. The molecule has 0 saturated heterocycles. The van der Waals surface area contributed by atoms with E-state index in [1.807, 2.05) is 30.5 Å². The Morgan fingerprint density at radius 2 is 1.34 bits per heavy atom. The van der Waals surface area contributed by atoms with Crippen molar-refractivity contribution in [3.05, 3.63) is 127 Å². The normalized spacial score (nSPS) is 13.9. The van der Waals surface area contributed by atoms with Gasteiger partial charge in [0, 0.05) is 61.1 Å². The van der Waals surface area contributed by atoms with Crippen molar-refractivity contribution in [2.45, 2.75) is 89.1 Å². The number of aryl methyl sites for hydroxylation is 6. The predicted octanol–water partition coefficient (Wildman–Crippen LogP) is 6.20. The lowest BCUT2D eigenvalue weighted by atomic mass is 10.0. The predicted molar refractivity (Wildman–Crippen MR) is 230 cm³/mol. The van der Waals surface area contributed by atoms with E-state index in [4.69, 9.17) is 27.3 Å². The highest BCUT2D eigenvalue weighted by Gasteiger charge is 2.24. The number of amides is 1. The van der Waals surface area contributed by atoms with E-state index in [0.29, 0.717) is 22.0 Å². The van der Waals surface area contributed by atoms with Gasteiger partial charge in [0.05, 0.1) is 12.1 Å². The molecule has 2 atom stereocenters. The second-order valence-electron chi connectivity index (χ2n) is 14.7. The molecule has 0 fully saturated rings. The molecule has 7 heterocycles. The minimum absolute atomic E-state index is 0.0936. The Morgan fingerprint density at radius 3 is 1.81 bits per heavy atom. The number of nitrogens with zero attached hydrogens (tertiary/aromatic N) is 4. The first-order valence-electron chi connectivity index (χ1n) is 20.1. The van der Waals surface area contributed by atoms with Crippen LogP contribution in [0.5, 0.6) is 0 Å². The van der Waals surface area contributed by atoms with Gasteiger partial charge in [0.2, 0.25) is 0 Å². The maximum Gasteiger partial charge on any atom is 0.326 e. The topological polar surface area (TPSA) is 194 Å². The molecule has 5 aromatic rings. The third kappa shape index (κ3) is 12.8. The van der Waals surface area contributed by atoms with Gasteiger partial charge in [0.15, 0.2) is 0 Å². The number of rotatable bonds is 16. The summed E-state index contributed by atoms with van der Waals surface area (Å²) in [5, 5.41) is 20.8. The van der Waals surface area contributed by atoms with Gasteiger partial charge in [0.1, 0.15) is 28.6 Å². The van der Waals surface area contributed by atoms with Crippen molar-refractivity contribution in [3.8, 4) is 0 Å². The van der Waals surface area contributed by atoms with E-state index in [9.17, 15) is 19.5 Å². The summed E-state index contributed by atoms with van der Waals surface area (Å²) in [5.41, 5.74) is 14.3. The fraction of sp³-hybridized carbons (Fsp3) is 0.386. The lowest BCUT2D eigenvalue weighted by Gasteiger charge is -2.17. The molecule has 0 aliphatic carbocycles. The molecular formula is C44H51ClN8O5S. The van der Waals surface area contributed by atoms with Crippen LogP contribution in [0, 0.1) is 0 Å². The second kappa shape index (κ2) is 21.5. The Balaban J connectivity index is 0.000000204. The molecule has 59 heavy (non-hydrogen) atoms. The number of halogens is 1. The van der Waals surface area contributed by atoms with Crippen molar-refractivity contribution in [3.63, 3.8) is 0 Å². The minimum Gasteiger partial charge on any atom is -0.480 e. The second-order valence-corrected chi connectivity index (χ2v) is 16.0. The molecule has 13 nitrogen and oxygen atoms in total. The standard InChI is InChI=1S/C24H25ClN4O3S.C20H26N4O2/c25-19-10-12-33-21(19)23(30)29-20(24(31)32)13-18-8-6-15(14-27-18)3-1-5-17-9-7-16-4-2-11-26-22(16)28-17;1-26-20(25)18(21)12-17-9-7-14(13-23-17)4-2-6-16-10-8-15-5-3-11-22-19(15)24-16/h6-10,12,14,20H,1-5,11,13H2,(H,26,28)(H,29,30)(H,31,32);7-10,13,18H,2-6,11-12,21H2,1H3,(H,22,24)/t20-;18-/m00/s1. The van der Waals surface area contributed by atoms with Gasteiger partial charge in [-0.1, -0.05) is 35.9 Å². The Hall–Kier alpha value is -5.44. The number of carboxylic acids is 1. The molecule has 0 aromatic carbocycles. The number of carboxylic acid groups (broad SMARTS) is 1. The molecule has 1 amide bonds. The number of aromatic nitrogens is 4. The summed E-state index contributed by atoms with van der Waals surface area (Å²) in [7, 11) is 1.34. The minimum atomic E-state index is -1.12. The number of ether oxygens (including phenoxy) is 1. The van der Waals surface area contributed by atoms with Crippen LogP contribution in [0.2, 0.25) is 5.02 Å². The van der Waals surface area contributed by atoms with Gasteiger partial charge in [-0.15, -0.1) is 11.3 Å². The Morgan fingerprint density at radius 1 is 0.797 bits per heavy atom. The highest BCUT2D eigenvalue weighted by Crippen LogP contribution is 2.23. The van der Waals surface area contributed by atoms with E-state index in [1.54, 1.807) is 17.6 Å². The lowest BCUT2D eigenvalue weighted by Crippen LogP contribution is -2.42. The highest BCUT2D eigenvalue weighted by atomic mass is 35.5. The van der Waals surface area contributed by atoms with Crippen molar-refractivity contribution in [1.82, 2.24) is 25.3 Å². The first kappa shape index (κ1) is 43.1. The number of anilines is 2. The van der Waals surface area contributed by atoms with Gasteiger partial charge < -0.3 is 31.5 Å². The lowest BCUT2D eigenvalue weighted by molar-refractivity contribution is -0.142. The molecule has 6 N–H and O–H groups in total. The maximum absolute atomic E-state index is 12.3. The van der Waals surface area contributed by atoms with Crippen LogP contribution in [-0.4, -0.2) is 75.2 Å². The van der Waals surface area contributed by atoms with Crippen LogP contribution in [0.4, 0.5) is 11.6 Å². The molecule has 0 unspecified atom stereocenters. The average molecular weight is 839 g/mol. The number of hydrogen-bond donors (Lipinski definition) is 5. The number of fused-ring (bicyclic) bond motifs is 2. The van der Waals surface area contributed by atoms with E-state index in [1.165, 1.54) is 41.6 Å². The largest absolute Gasteiger partial charge is 0.480 e. The van der Waals surface area contributed by atoms with Gasteiger partial charge in [-0.05, 0) is 122 Å². The zero-order valence-corrected chi connectivity index (χ0v) is 34.8. The molecule has 0 radical (unpaired) electrons. The fourth-order valence-electron chi connectivity index (χ4n) is 6.96. The highest BCUT2D eigenvalue weighted by molar-refractivity contribution is 7.12. The average Bonchev–Trinajstić information content (AvgIpc) is 3.70. The van der Waals surface area contributed by atoms with Gasteiger partial charge in [-0.2, -0.15) is 0 Å². The summed E-state index contributed by atoms with van der Waals surface area (Å²) >= 11 is 7.14. The summed E-state index contributed by atoms with van der Waals surface area (Å²) in [4.78, 5) is 53.9. The Kier molecular flexibility index (Phi) is 15.7. The number of carbonyl (C=O) groups is 3. The van der Waals surface area contributed by atoms with Gasteiger partial charge in [0.25, 0.3) is 5.91 Å². The molecule has 5 aromatic heterocycles. The quantitative estimate of drug-likeness (QED) is 0.0708. The summed E-state index contributed by atoms with van der Waals surface area (Å²) in [6.07, 6.45) is 14.3. The summed E-state index contributed by atoms with van der Waals surface area (Å²) in [5.74, 6) is 0.0507. The number of esters is 1. The Labute approximate surface area is 353 Å². The molecule has 15 heteroatoms. The number of hydrogen-bond acceptors (Lipinski definition) is 12. The molecule has 7 rings (SSSR count). The van der Waals surface area contributed by atoms with Crippen LogP contribution in [0.15, 0.2) is 72.4 Å². The molecule has 0 bridgehead atoms. The molecule has 0 spiro atoms. The molecule has 310 valence electrons. The molecule has 2 aliphatic heterocycles. The smallest absolute Gasteiger partial charge is 0.326 e. The first-order valence-corrected chi connectivity index (χ1v) is 21.3. The fourth-order valence-corrected chi connectivity index (χ4v) is 8.00. The van der Waals surface area contributed by atoms with Crippen molar-refractivity contribution >= 4 is 52.4 Å². The Bertz CT molecular complexity index is 2180. The van der Waals surface area contributed by atoms with Crippen LogP contribution in [0.3, 0.4) is 0 Å². The monoisotopic (exact) mass is 838 g/mol. The van der Waals surface area contributed by atoms with Crippen molar-refractivity contribution in [1.29, 1.82) is 0 Å². The van der Waals surface area contributed by atoms with Crippen molar-refractivity contribution in [2.75, 3.05) is 30.8 Å². The van der Waals surface area contributed by atoms with Crippen molar-refractivity contribution in [2.24, 2.45) is 5.73 Å². The number of thiophene rings is 1. The number of pyridine rings is 4. The zero-order chi connectivity index (χ0) is 41.6. The van der Waals surface area contributed by atoms with Gasteiger partial charge in [-0.25, -0.2) is 14.8 Å². The number of methoxy groups -OCH3 is 1. The van der Waals surface area contributed by atoms with Gasteiger partial charge >= 0.3 is 11.9 Å². The third-order valence-electron chi connectivity index (χ3n) is 10.2. The van der Waals surface area contributed by atoms with E-state index < -0.39 is 29.9 Å². The van der Waals surface area contributed by atoms with Crippen LogP contribution < -0.4 is 21.7 Å². The van der Waals surface area contributed by atoms with E-state index in [2.05, 4.69) is 54.9 Å². The van der Waals surface area contributed by atoms with Crippen LogP contribution in [-0.2, 0) is 65.7 Å². The van der Waals surface area contributed by atoms with Crippen LogP contribution >= 0.6 is 22.9 Å². The molecule has 0 saturated carbocycles. The maximum atomic E-state index is 12.3. The SMILES string of the molecule is COC(=O)[C@@H](N)Cc1ccc(CCCc2ccc3c(n2)NCCC3)cn1.O=C(N[C@@H](Cc1ccc(CCCc2ccc3c(n2)NCCC3)cn1)C(=O)O)c1sccc1Cl. The van der Waals surface area contributed by atoms with Crippen LogP contribution in [0.25, 0.3) is 0 Å². The van der Waals surface area contributed by atoms with Crippen molar-refractivity contribution < 1.29 is 24.2 Å². The van der Waals surface area contributed by atoms with Gasteiger partial charge in [-0.3, -0.25) is 19.6 Å². The number of aliphatic carboxylic acids is 1. The summed E-state index contributed by atoms with van der Waals surface area (Å²) in [6.45, 7) is 2.00. The first-order chi connectivity index (χ1) is 28.6. The summed E-state index contributed by atoms with van der Waals surface area (Å²) < 4.78 is 4.64. The molecular weight excluding hydrogens is 788 g/mol. The van der Waals surface area contributed by atoms with Crippen LogP contribution in [0.1, 0.15) is 80.4 Å². The third-order valence-corrected chi connectivity index (χ3v) is 11.6. The van der Waals surface area contributed by atoms with E-state index in [-0.39, 0.29) is 6.42 Å². The summed E-state index contributed by atoms with van der Waals surface area (Å²) in [6, 6.07) is 16.2. The number of nitrogens with two attached hydrogens (primary N) is 1.